The fourth-order valence-corrected chi connectivity index (χ4v) is 5.29. The number of nitriles is 1. The van der Waals surface area contributed by atoms with Crippen LogP contribution in [-0.2, 0) is 10.8 Å². The molecule has 0 saturated carbocycles. The fraction of sp³-hybridized carbons (Fsp3) is 0.300. The lowest BCUT2D eigenvalue weighted by atomic mass is 9.62. The lowest BCUT2D eigenvalue weighted by Gasteiger charge is -2.43. The Morgan fingerprint density at radius 2 is 1.56 bits per heavy atom. The van der Waals surface area contributed by atoms with Crippen LogP contribution >= 0.6 is 0 Å². The van der Waals surface area contributed by atoms with Crippen LogP contribution in [0.3, 0.4) is 0 Å². The molecule has 34 heavy (non-hydrogen) atoms. The van der Waals surface area contributed by atoms with Crippen molar-refractivity contribution in [3.63, 3.8) is 0 Å². The Bertz CT molecular complexity index is 1390. The minimum Gasteiger partial charge on any atom is -0.342 e. The molecule has 0 bridgehead atoms. The van der Waals surface area contributed by atoms with Crippen molar-refractivity contribution < 1.29 is 4.79 Å². The summed E-state index contributed by atoms with van der Waals surface area (Å²) in [4.78, 5) is 18.6. The Kier molecular flexibility index (Phi) is 4.98. The van der Waals surface area contributed by atoms with Gasteiger partial charge in [-0.25, -0.2) is 4.99 Å². The summed E-state index contributed by atoms with van der Waals surface area (Å²) in [5, 5.41) is 9.50. The number of aliphatic imine (C=N–C) groups is 1. The molecular weight excluding hydrogens is 418 g/mol. The summed E-state index contributed by atoms with van der Waals surface area (Å²) in [6, 6.07) is 20.2. The van der Waals surface area contributed by atoms with E-state index in [1.165, 1.54) is 11.1 Å². The number of anilines is 2. The van der Waals surface area contributed by atoms with Gasteiger partial charge in [0.1, 0.15) is 6.29 Å². The van der Waals surface area contributed by atoms with Crippen LogP contribution < -0.4 is 4.90 Å². The van der Waals surface area contributed by atoms with Gasteiger partial charge in [0.15, 0.2) is 0 Å². The molecule has 2 aliphatic rings. The normalized spacial score (nSPS) is 17.4. The first kappa shape index (κ1) is 22.1. The van der Waals surface area contributed by atoms with E-state index in [2.05, 4.69) is 57.8 Å². The average molecular weight is 448 g/mol. The van der Waals surface area contributed by atoms with Gasteiger partial charge in [0.05, 0.1) is 34.4 Å². The molecule has 0 fully saturated rings. The van der Waals surface area contributed by atoms with Crippen LogP contribution in [0.4, 0.5) is 17.1 Å². The largest absolute Gasteiger partial charge is 0.342 e. The van der Waals surface area contributed by atoms with Crippen LogP contribution in [0, 0.1) is 11.3 Å². The van der Waals surface area contributed by atoms with Gasteiger partial charge in [-0.15, -0.1) is 0 Å². The minimum atomic E-state index is 0.0675. The summed E-state index contributed by atoms with van der Waals surface area (Å²) >= 11 is 0. The Hall–Kier alpha value is -3.71. The third kappa shape index (κ3) is 3.44. The highest BCUT2D eigenvalue weighted by Gasteiger charge is 2.39. The maximum absolute atomic E-state index is 11.2. The number of hydrogen-bond acceptors (Lipinski definition) is 4. The van der Waals surface area contributed by atoms with Crippen LogP contribution in [0.25, 0.3) is 0 Å². The highest BCUT2D eigenvalue weighted by atomic mass is 16.1. The molecular formula is C30H29N3O. The van der Waals surface area contributed by atoms with Crippen LogP contribution in [0.5, 0.6) is 0 Å². The van der Waals surface area contributed by atoms with Gasteiger partial charge in [-0.1, -0.05) is 52.0 Å². The van der Waals surface area contributed by atoms with Crippen molar-refractivity contribution in [2.24, 2.45) is 4.99 Å². The first-order valence-electron chi connectivity index (χ1n) is 11.8. The molecule has 0 saturated heterocycles. The first-order chi connectivity index (χ1) is 16.1. The van der Waals surface area contributed by atoms with E-state index in [1.54, 1.807) is 0 Å². The third-order valence-electron chi connectivity index (χ3n) is 7.60. The molecule has 0 radical (unpaired) electrons. The van der Waals surface area contributed by atoms with Crippen LogP contribution in [0.15, 0.2) is 59.6 Å². The van der Waals surface area contributed by atoms with Crippen LogP contribution in [-0.4, -0.2) is 19.0 Å². The molecule has 5 rings (SSSR count). The summed E-state index contributed by atoms with van der Waals surface area (Å²) < 4.78 is 0. The van der Waals surface area contributed by atoms with E-state index in [4.69, 9.17) is 4.99 Å². The van der Waals surface area contributed by atoms with E-state index >= 15 is 0 Å². The molecule has 170 valence electrons. The fourth-order valence-electron chi connectivity index (χ4n) is 5.29. The van der Waals surface area contributed by atoms with Crippen LogP contribution in [0.2, 0.25) is 0 Å². The summed E-state index contributed by atoms with van der Waals surface area (Å²) in [6.07, 6.45) is 3.13. The molecule has 1 aliphatic heterocycles. The van der Waals surface area contributed by atoms with E-state index in [1.807, 2.05) is 42.5 Å². The predicted molar refractivity (Wildman–Crippen MR) is 138 cm³/mol. The van der Waals surface area contributed by atoms with Crippen molar-refractivity contribution in [3.8, 4) is 6.07 Å². The molecule has 1 heterocycles. The number of fused-ring (bicyclic) bond motifs is 3. The van der Waals surface area contributed by atoms with Gasteiger partial charge in [-0.3, -0.25) is 4.79 Å². The maximum atomic E-state index is 11.2. The van der Waals surface area contributed by atoms with Gasteiger partial charge in [0.2, 0.25) is 0 Å². The zero-order valence-electron chi connectivity index (χ0n) is 20.4. The summed E-state index contributed by atoms with van der Waals surface area (Å²) in [5.74, 6) is 0. The molecule has 0 unspecified atom stereocenters. The number of aldehydes is 1. The zero-order valence-corrected chi connectivity index (χ0v) is 20.4. The van der Waals surface area contributed by atoms with Gasteiger partial charge in [0.25, 0.3) is 0 Å². The first-order valence-corrected chi connectivity index (χ1v) is 11.8. The topological polar surface area (TPSA) is 56.5 Å². The maximum Gasteiger partial charge on any atom is 0.150 e. The van der Waals surface area contributed by atoms with Crippen molar-refractivity contribution in [1.29, 1.82) is 5.26 Å². The molecule has 3 aromatic carbocycles. The highest BCUT2D eigenvalue weighted by Crippen LogP contribution is 2.50. The van der Waals surface area contributed by atoms with Crippen molar-refractivity contribution in [3.05, 3.63) is 88.0 Å². The minimum absolute atomic E-state index is 0.0675. The second-order valence-corrected chi connectivity index (χ2v) is 10.8. The Morgan fingerprint density at radius 1 is 0.912 bits per heavy atom. The average Bonchev–Trinajstić information content (AvgIpc) is 2.95. The highest BCUT2D eigenvalue weighted by molar-refractivity contribution is 6.19. The number of rotatable bonds is 2. The van der Waals surface area contributed by atoms with E-state index < -0.39 is 0 Å². The summed E-state index contributed by atoms with van der Waals surface area (Å²) in [5.41, 5.74) is 9.84. The predicted octanol–water partition coefficient (Wildman–Crippen LogP) is 6.97. The second kappa shape index (κ2) is 7.67. The molecule has 0 atom stereocenters. The SMILES string of the molecule is CN1c2ccc(C#N)cc2N=C(c2ccc(C=O)cc2)c2cc3c(cc21)C(C)(C)CCC3(C)C. The number of nitrogens with zero attached hydrogens (tertiary/aromatic N) is 3. The number of benzene rings is 3. The molecule has 0 aromatic heterocycles. The molecule has 3 aromatic rings. The van der Waals surface area contributed by atoms with Crippen molar-refractivity contribution in [2.75, 3.05) is 11.9 Å². The van der Waals surface area contributed by atoms with Gasteiger partial charge >= 0.3 is 0 Å². The molecule has 1 aliphatic carbocycles. The monoisotopic (exact) mass is 447 g/mol. The zero-order chi connectivity index (χ0) is 24.3. The molecule has 0 N–H and O–H groups in total. The third-order valence-corrected chi connectivity index (χ3v) is 7.60. The summed E-state index contributed by atoms with van der Waals surface area (Å²) in [6.45, 7) is 9.34. The molecule has 0 amide bonds. The Balaban J connectivity index is 1.85. The van der Waals surface area contributed by atoms with E-state index in [0.717, 1.165) is 53.0 Å². The van der Waals surface area contributed by atoms with Gasteiger partial charge < -0.3 is 4.90 Å². The van der Waals surface area contributed by atoms with Crippen molar-refractivity contribution >= 4 is 29.1 Å². The Morgan fingerprint density at radius 3 is 2.18 bits per heavy atom. The number of carbonyl (C=O) groups is 1. The van der Waals surface area contributed by atoms with Gasteiger partial charge in [0, 0.05) is 23.7 Å². The number of hydrogen-bond donors (Lipinski definition) is 0. The van der Waals surface area contributed by atoms with Gasteiger partial charge in [-0.2, -0.15) is 5.26 Å². The quantitative estimate of drug-likeness (QED) is 0.399. The van der Waals surface area contributed by atoms with Crippen LogP contribution in [0.1, 0.15) is 78.7 Å². The molecule has 4 nitrogen and oxygen atoms in total. The summed E-state index contributed by atoms with van der Waals surface area (Å²) in [7, 11) is 2.07. The lowest BCUT2D eigenvalue weighted by Crippen LogP contribution is -2.34. The standard InChI is InChI=1S/C30H29N3O/c1-29(2)12-13-30(3,4)24-16-27-22(15-23(24)29)28(21-9-6-19(18-34)7-10-21)32-25-14-20(17-31)8-11-26(25)33(27)5/h6-11,14-16,18H,12-13H2,1-5H3. The smallest absolute Gasteiger partial charge is 0.150 e. The number of carbonyl (C=O) groups excluding carboxylic acids is 1. The van der Waals surface area contributed by atoms with E-state index in [-0.39, 0.29) is 10.8 Å². The van der Waals surface area contributed by atoms with E-state index in [0.29, 0.717) is 11.1 Å². The lowest BCUT2D eigenvalue weighted by molar-refractivity contribution is 0.112. The molecule has 0 spiro atoms. The van der Waals surface area contributed by atoms with E-state index in [9.17, 15) is 10.1 Å². The van der Waals surface area contributed by atoms with Crippen molar-refractivity contribution in [2.45, 2.75) is 51.4 Å². The second-order valence-electron chi connectivity index (χ2n) is 10.8. The molecule has 4 heteroatoms. The van der Waals surface area contributed by atoms with Crippen molar-refractivity contribution in [1.82, 2.24) is 0 Å². The van der Waals surface area contributed by atoms with Gasteiger partial charge in [-0.05, 0) is 65.1 Å². The Labute approximate surface area is 201 Å².